The molecular weight excluding hydrogens is 448 g/mol. The number of fused-ring (bicyclic) bond motifs is 1. The molecule has 0 amide bonds. The van der Waals surface area contributed by atoms with Gasteiger partial charge >= 0.3 is 6.08 Å². The lowest BCUT2D eigenvalue weighted by Gasteiger charge is -2.04. The summed E-state index contributed by atoms with van der Waals surface area (Å²) in [5.74, 6) is 0. The van der Waals surface area contributed by atoms with Gasteiger partial charge in [-0.1, -0.05) is 30.3 Å². The summed E-state index contributed by atoms with van der Waals surface area (Å²) in [5, 5.41) is 0.931. The molecule has 0 aliphatic heterocycles. The minimum atomic E-state index is -0.681. The first kappa shape index (κ1) is 16.5. The van der Waals surface area contributed by atoms with E-state index < -0.39 is 6.08 Å². The van der Waals surface area contributed by atoms with Crippen LogP contribution in [0, 0.1) is 9.65 Å². The summed E-state index contributed by atoms with van der Waals surface area (Å²) in [6.07, 6.45) is 0.418. The highest BCUT2D eigenvalue weighted by Gasteiger charge is 2.10. The van der Waals surface area contributed by atoms with Crippen molar-refractivity contribution < 1.29 is 4.39 Å². The van der Waals surface area contributed by atoms with E-state index >= 15 is 0 Å². The van der Waals surface area contributed by atoms with Gasteiger partial charge in [-0.3, -0.25) is 0 Å². The molecule has 2 heterocycles. The highest BCUT2D eigenvalue weighted by Crippen LogP contribution is 2.25. The summed E-state index contributed by atoms with van der Waals surface area (Å²) in [5.41, 5.74) is 3.41. The van der Waals surface area contributed by atoms with Gasteiger partial charge in [0.05, 0.1) is 26.6 Å². The summed E-state index contributed by atoms with van der Waals surface area (Å²) in [6.45, 7) is 0. The molecule has 25 heavy (non-hydrogen) atoms. The number of nitrogens with zero attached hydrogens (tertiary/aromatic N) is 3. The van der Waals surface area contributed by atoms with Gasteiger partial charge in [0.25, 0.3) is 0 Å². The zero-order valence-electron chi connectivity index (χ0n) is 13.1. The van der Waals surface area contributed by atoms with Crippen LogP contribution >= 0.6 is 33.9 Å². The van der Waals surface area contributed by atoms with Crippen molar-refractivity contribution in [2.75, 3.05) is 0 Å². The number of halogens is 2. The van der Waals surface area contributed by atoms with Crippen LogP contribution in [0.25, 0.3) is 10.2 Å². The fraction of sp³-hybridized carbons (Fsp3) is 0.105. The largest absolute Gasteiger partial charge is 0.309 e. The first-order chi connectivity index (χ1) is 12.2. The Balaban J connectivity index is 1.61. The van der Waals surface area contributed by atoms with Crippen LogP contribution < -0.4 is 0 Å². The summed E-state index contributed by atoms with van der Waals surface area (Å²) >= 11 is 3.91. The fourth-order valence-electron chi connectivity index (χ4n) is 2.68. The van der Waals surface area contributed by atoms with Gasteiger partial charge in [0.1, 0.15) is 0 Å². The Bertz CT molecular complexity index is 1030. The predicted molar refractivity (Wildman–Crippen MR) is 106 cm³/mol. The van der Waals surface area contributed by atoms with E-state index in [2.05, 4.69) is 43.6 Å². The molecule has 0 saturated heterocycles. The van der Waals surface area contributed by atoms with E-state index in [-0.39, 0.29) is 0 Å². The number of thiazole rings is 1. The smallest absolute Gasteiger partial charge is 0.241 e. The summed E-state index contributed by atoms with van der Waals surface area (Å²) in [6, 6.07) is 17.9. The Kier molecular flexibility index (Phi) is 4.72. The molecule has 124 valence electrons. The molecule has 0 N–H and O–H groups in total. The lowest BCUT2D eigenvalue weighted by molar-refractivity contribution is 0.527. The van der Waals surface area contributed by atoms with Gasteiger partial charge in [0.2, 0.25) is 0 Å². The van der Waals surface area contributed by atoms with Gasteiger partial charge < -0.3 is 0 Å². The van der Waals surface area contributed by atoms with Crippen LogP contribution in [0.2, 0.25) is 0 Å². The zero-order valence-corrected chi connectivity index (χ0v) is 16.1. The third kappa shape index (κ3) is 4.01. The van der Waals surface area contributed by atoms with Crippen molar-refractivity contribution in [2.45, 2.75) is 12.8 Å². The van der Waals surface area contributed by atoms with Crippen LogP contribution in [0.5, 0.6) is 0 Å². The molecule has 2 aromatic carbocycles. The molecule has 0 spiro atoms. The standard InChI is InChI=1S/C19H13FIN3S/c20-19-22-14(8-12-4-2-1-3-5-12)10-15(23-19)11-18-24-16-7-6-13(21)9-17(16)25-18/h1-7,9-10H,8,11H2. The lowest BCUT2D eigenvalue weighted by atomic mass is 10.1. The molecule has 3 nitrogen and oxygen atoms in total. The van der Waals surface area contributed by atoms with Crippen LogP contribution in [0.15, 0.2) is 54.6 Å². The molecule has 0 saturated carbocycles. The molecule has 6 heteroatoms. The molecule has 4 rings (SSSR count). The van der Waals surface area contributed by atoms with Crippen molar-refractivity contribution in [1.29, 1.82) is 0 Å². The zero-order chi connectivity index (χ0) is 17.2. The quantitative estimate of drug-likeness (QED) is 0.317. The second-order valence-corrected chi connectivity index (χ2v) is 8.04. The third-order valence-electron chi connectivity index (χ3n) is 3.76. The molecule has 0 fully saturated rings. The molecule has 2 aromatic heterocycles. The van der Waals surface area contributed by atoms with E-state index in [0.29, 0.717) is 24.2 Å². The first-order valence-electron chi connectivity index (χ1n) is 7.77. The molecule has 0 aliphatic rings. The average Bonchev–Trinajstić information content (AvgIpc) is 2.96. The number of hydrogen-bond donors (Lipinski definition) is 0. The molecule has 0 unspecified atom stereocenters. The van der Waals surface area contributed by atoms with Crippen molar-refractivity contribution in [1.82, 2.24) is 15.0 Å². The number of aromatic nitrogens is 3. The van der Waals surface area contributed by atoms with E-state index in [0.717, 1.165) is 20.8 Å². The van der Waals surface area contributed by atoms with Gasteiger partial charge in [-0.05, 0) is 52.4 Å². The molecule has 0 bridgehead atoms. The molecule has 4 aromatic rings. The fourth-order valence-corrected chi connectivity index (χ4v) is 4.41. The van der Waals surface area contributed by atoms with Crippen molar-refractivity contribution in [3.05, 3.63) is 86.2 Å². The van der Waals surface area contributed by atoms with E-state index in [1.54, 1.807) is 11.3 Å². The van der Waals surface area contributed by atoms with E-state index in [4.69, 9.17) is 0 Å². The van der Waals surface area contributed by atoms with Crippen molar-refractivity contribution in [3.8, 4) is 0 Å². The Morgan fingerprint density at radius 3 is 2.44 bits per heavy atom. The number of rotatable bonds is 4. The summed E-state index contributed by atoms with van der Waals surface area (Å²) < 4.78 is 16.2. The van der Waals surface area contributed by atoms with Crippen LogP contribution in [0.4, 0.5) is 4.39 Å². The van der Waals surface area contributed by atoms with Gasteiger partial charge in [-0.15, -0.1) is 11.3 Å². The van der Waals surface area contributed by atoms with Crippen LogP contribution in [0.3, 0.4) is 0 Å². The van der Waals surface area contributed by atoms with E-state index in [9.17, 15) is 4.39 Å². The highest BCUT2D eigenvalue weighted by molar-refractivity contribution is 14.1. The van der Waals surface area contributed by atoms with E-state index in [1.807, 2.05) is 48.5 Å². The van der Waals surface area contributed by atoms with Gasteiger partial charge in [0.15, 0.2) is 0 Å². The Morgan fingerprint density at radius 2 is 1.64 bits per heavy atom. The summed E-state index contributed by atoms with van der Waals surface area (Å²) in [4.78, 5) is 12.5. The lowest BCUT2D eigenvalue weighted by Crippen LogP contribution is -2.02. The third-order valence-corrected chi connectivity index (χ3v) is 5.45. The maximum atomic E-state index is 13.9. The van der Waals surface area contributed by atoms with Gasteiger partial charge in [-0.2, -0.15) is 4.39 Å². The van der Waals surface area contributed by atoms with Crippen LogP contribution in [-0.4, -0.2) is 15.0 Å². The van der Waals surface area contributed by atoms with Crippen LogP contribution in [0.1, 0.15) is 22.0 Å². The monoisotopic (exact) mass is 461 g/mol. The Labute approximate surface area is 162 Å². The van der Waals surface area contributed by atoms with E-state index in [1.165, 1.54) is 3.57 Å². The maximum absolute atomic E-state index is 13.9. The second-order valence-electron chi connectivity index (χ2n) is 5.68. The van der Waals surface area contributed by atoms with Gasteiger partial charge in [-0.25, -0.2) is 15.0 Å². The SMILES string of the molecule is Fc1nc(Cc2ccccc2)cc(Cc2nc3ccc(I)cc3s2)n1. The molecular formula is C19H13FIN3S. The summed E-state index contributed by atoms with van der Waals surface area (Å²) in [7, 11) is 0. The average molecular weight is 461 g/mol. The Morgan fingerprint density at radius 1 is 0.880 bits per heavy atom. The minimum Gasteiger partial charge on any atom is -0.241 e. The normalized spacial score (nSPS) is 11.1. The van der Waals surface area contributed by atoms with Crippen molar-refractivity contribution in [2.24, 2.45) is 0 Å². The van der Waals surface area contributed by atoms with Crippen molar-refractivity contribution in [3.63, 3.8) is 0 Å². The predicted octanol–water partition coefficient (Wildman–Crippen LogP) is 5.01. The topological polar surface area (TPSA) is 38.7 Å². The van der Waals surface area contributed by atoms with Crippen molar-refractivity contribution >= 4 is 44.1 Å². The highest BCUT2D eigenvalue weighted by atomic mass is 127. The first-order valence-corrected chi connectivity index (χ1v) is 9.66. The Hall–Kier alpha value is -1.93. The number of hydrogen-bond acceptors (Lipinski definition) is 4. The maximum Gasteiger partial charge on any atom is 0.309 e. The molecule has 0 atom stereocenters. The van der Waals surface area contributed by atoms with Gasteiger partial charge in [0, 0.05) is 16.4 Å². The molecule has 0 radical (unpaired) electrons. The van der Waals surface area contributed by atoms with Crippen LogP contribution in [-0.2, 0) is 12.8 Å². The minimum absolute atomic E-state index is 0.511. The molecule has 0 aliphatic carbocycles. The number of benzene rings is 2. The second kappa shape index (κ2) is 7.13.